The molecular formula is C22H33N3O4S. The number of carbonyl (C=O) groups excluding carboxylic acids is 1. The number of anilines is 1. The minimum atomic E-state index is -3.26. The van der Waals surface area contributed by atoms with Gasteiger partial charge in [-0.05, 0) is 49.3 Å². The maximum absolute atomic E-state index is 12.3. The highest BCUT2D eigenvalue weighted by atomic mass is 32.2. The highest BCUT2D eigenvalue weighted by Crippen LogP contribution is 2.32. The van der Waals surface area contributed by atoms with Gasteiger partial charge in [0.2, 0.25) is 15.9 Å². The summed E-state index contributed by atoms with van der Waals surface area (Å²) in [6, 6.07) is 5.84. The molecule has 1 atom stereocenters. The number of fused-ring (bicyclic) bond motifs is 1. The van der Waals surface area contributed by atoms with Crippen LogP contribution in [0.4, 0.5) is 5.69 Å². The number of likely N-dealkylation sites (tertiary alicyclic amines) is 1. The van der Waals surface area contributed by atoms with E-state index in [9.17, 15) is 18.3 Å². The molecule has 2 aliphatic heterocycles. The van der Waals surface area contributed by atoms with Gasteiger partial charge in [-0.2, -0.15) is 0 Å². The van der Waals surface area contributed by atoms with E-state index < -0.39 is 16.1 Å². The Morgan fingerprint density at radius 2 is 1.87 bits per heavy atom. The second-order valence-electron chi connectivity index (χ2n) is 9.05. The van der Waals surface area contributed by atoms with E-state index in [1.165, 1.54) is 23.4 Å². The van der Waals surface area contributed by atoms with E-state index >= 15 is 0 Å². The average Bonchev–Trinajstić information content (AvgIpc) is 3.38. The molecular weight excluding hydrogens is 402 g/mol. The number of sulfonamides is 1. The number of hydrogen-bond donors (Lipinski definition) is 2. The molecule has 1 unspecified atom stereocenters. The Bertz CT molecular complexity index is 874. The van der Waals surface area contributed by atoms with Crippen LogP contribution in [0.3, 0.4) is 0 Å². The lowest BCUT2D eigenvalue weighted by atomic mass is 10.0. The van der Waals surface area contributed by atoms with Crippen molar-refractivity contribution >= 4 is 21.6 Å². The molecule has 1 amide bonds. The molecule has 1 aromatic rings. The maximum Gasteiger partial charge on any atom is 0.232 e. The molecule has 1 aromatic carbocycles. The topological polar surface area (TPSA) is 89.9 Å². The first-order valence-corrected chi connectivity index (χ1v) is 13.0. The number of hydrogen-bond acceptors (Lipinski definition) is 5. The maximum atomic E-state index is 12.3. The summed E-state index contributed by atoms with van der Waals surface area (Å²) in [5.74, 6) is 0.440. The molecule has 4 rings (SSSR count). The number of benzene rings is 1. The normalized spacial score (nSPS) is 22.3. The van der Waals surface area contributed by atoms with E-state index in [4.69, 9.17) is 0 Å². The Hall–Kier alpha value is -1.64. The third kappa shape index (κ3) is 4.81. The van der Waals surface area contributed by atoms with Crippen molar-refractivity contribution in [1.82, 2.24) is 10.2 Å². The number of amides is 1. The van der Waals surface area contributed by atoms with Crippen molar-refractivity contribution in [1.29, 1.82) is 0 Å². The van der Waals surface area contributed by atoms with Gasteiger partial charge in [0.05, 0.1) is 18.0 Å². The van der Waals surface area contributed by atoms with Crippen LogP contribution in [-0.2, 0) is 21.2 Å². The minimum Gasteiger partial charge on any atom is -0.387 e. The second-order valence-corrected chi connectivity index (χ2v) is 11.0. The van der Waals surface area contributed by atoms with Gasteiger partial charge in [0.25, 0.3) is 0 Å². The summed E-state index contributed by atoms with van der Waals surface area (Å²) in [6.07, 6.45) is 7.52. The summed E-state index contributed by atoms with van der Waals surface area (Å²) in [6.45, 7) is 2.74. The van der Waals surface area contributed by atoms with Crippen LogP contribution in [0.5, 0.6) is 0 Å². The van der Waals surface area contributed by atoms with Gasteiger partial charge in [-0.15, -0.1) is 0 Å². The molecule has 1 saturated heterocycles. The molecule has 8 heteroatoms. The largest absolute Gasteiger partial charge is 0.387 e. The number of aliphatic hydroxyl groups excluding tert-OH is 1. The molecule has 0 radical (unpaired) electrons. The van der Waals surface area contributed by atoms with Gasteiger partial charge in [-0.3, -0.25) is 9.10 Å². The SMILES string of the molecule is CS(=O)(=O)N1CCc2cc(C(O)CN3CCC(NC(=O)C4CCCC4)CC3)ccc21. The Kier molecular flexibility index (Phi) is 6.36. The van der Waals surface area contributed by atoms with Crippen LogP contribution in [0.2, 0.25) is 0 Å². The smallest absolute Gasteiger partial charge is 0.232 e. The summed E-state index contributed by atoms with van der Waals surface area (Å²) in [7, 11) is -3.26. The quantitative estimate of drug-likeness (QED) is 0.711. The standard InChI is InChI=1S/C22H33N3O4S/c1-30(28,29)25-13-8-17-14-18(6-7-20(17)25)21(26)15-24-11-9-19(10-12-24)23-22(27)16-4-2-3-5-16/h6-7,14,16,19,21,26H,2-5,8-13,15H2,1H3,(H,23,27). The van der Waals surface area contributed by atoms with Gasteiger partial charge in [0.1, 0.15) is 0 Å². The Labute approximate surface area is 179 Å². The van der Waals surface area contributed by atoms with Crippen molar-refractivity contribution in [2.75, 3.05) is 36.7 Å². The number of aliphatic hydroxyl groups is 1. The molecule has 2 N–H and O–H groups in total. The first kappa shape index (κ1) is 21.6. The second kappa shape index (κ2) is 8.85. The third-order valence-corrected chi connectivity index (χ3v) is 8.01. The van der Waals surface area contributed by atoms with Gasteiger partial charge in [-0.25, -0.2) is 8.42 Å². The van der Waals surface area contributed by atoms with E-state index in [1.54, 1.807) is 0 Å². The van der Waals surface area contributed by atoms with Crippen LogP contribution in [0, 0.1) is 5.92 Å². The Morgan fingerprint density at radius 1 is 1.17 bits per heavy atom. The van der Waals surface area contributed by atoms with E-state index in [-0.39, 0.29) is 17.9 Å². The molecule has 0 bridgehead atoms. The fourth-order valence-electron chi connectivity index (χ4n) is 5.06. The molecule has 166 valence electrons. The number of nitrogens with one attached hydrogen (secondary N) is 1. The van der Waals surface area contributed by atoms with Crippen molar-refractivity contribution < 1.29 is 18.3 Å². The summed E-state index contributed by atoms with van der Waals surface area (Å²) in [4.78, 5) is 14.6. The summed E-state index contributed by atoms with van der Waals surface area (Å²) < 4.78 is 25.2. The van der Waals surface area contributed by atoms with Crippen LogP contribution in [-0.4, -0.2) is 62.8 Å². The number of piperidine rings is 1. The van der Waals surface area contributed by atoms with Gasteiger partial charge in [0.15, 0.2) is 0 Å². The summed E-state index contributed by atoms with van der Waals surface area (Å²) in [5.41, 5.74) is 2.54. The highest BCUT2D eigenvalue weighted by Gasteiger charge is 2.29. The average molecular weight is 436 g/mol. The van der Waals surface area contributed by atoms with Crippen LogP contribution in [0.25, 0.3) is 0 Å². The van der Waals surface area contributed by atoms with Gasteiger partial charge >= 0.3 is 0 Å². The molecule has 7 nitrogen and oxygen atoms in total. The van der Waals surface area contributed by atoms with E-state index in [0.717, 1.165) is 55.6 Å². The fraction of sp³-hybridized carbons (Fsp3) is 0.682. The van der Waals surface area contributed by atoms with Gasteiger partial charge in [-0.1, -0.05) is 25.0 Å². The number of nitrogens with zero attached hydrogens (tertiary/aromatic N) is 2. The lowest BCUT2D eigenvalue weighted by Gasteiger charge is -2.34. The molecule has 2 heterocycles. The van der Waals surface area contributed by atoms with E-state index in [2.05, 4.69) is 10.2 Å². The van der Waals surface area contributed by atoms with Gasteiger partial charge in [0, 0.05) is 38.1 Å². The van der Waals surface area contributed by atoms with Crippen LogP contribution in [0.15, 0.2) is 18.2 Å². The van der Waals surface area contributed by atoms with E-state index in [1.807, 2.05) is 18.2 Å². The molecule has 1 aliphatic carbocycles. The Morgan fingerprint density at radius 3 is 2.53 bits per heavy atom. The zero-order valence-corrected chi connectivity index (χ0v) is 18.5. The van der Waals surface area contributed by atoms with Crippen LogP contribution in [0.1, 0.15) is 55.8 Å². The van der Waals surface area contributed by atoms with Crippen molar-refractivity contribution in [2.24, 2.45) is 5.92 Å². The highest BCUT2D eigenvalue weighted by molar-refractivity contribution is 7.92. The number of β-amino-alcohol motifs (C(OH)–C–C–N with tert-alkyl or cyclic N) is 1. The van der Waals surface area contributed by atoms with Crippen molar-refractivity contribution in [3.63, 3.8) is 0 Å². The molecule has 2 fully saturated rings. The zero-order chi connectivity index (χ0) is 21.3. The summed E-state index contributed by atoms with van der Waals surface area (Å²) in [5, 5.41) is 14.0. The first-order valence-electron chi connectivity index (χ1n) is 11.1. The van der Waals surface area contributed by atoms with Crippen LogP contribution < -0.4 is 9.62 Å². The first-order chi connectivity index (χ1) is 14.3. The van der Waals surface area contributed by atoms with Crippen LogP contribution >= 0.6 is 0 Å². The van der Waals surface area contributed by atoms with E-state index in [0.29, 0.717) is 19.5 Å². The van der Waals surface area contributed by atoms with Crippen molar-refractivity contribution in [3.05, 3.63) is 29.3 Å². The lowest BCUT2D eigenvalue weighted by Crippen LogP contribution is -2.46. The molecule has 0 aromatic heterocycles. The predicted molar refractivity (Wildman–Crippen MR) is 117 cm³/mol. The Balaban J connectivity index is 1.28. The molecule has 30 heavy (non-hydrogen) atoms. The predicted octanol–water partition coefficient (Wildman–Crippen LogP) is 1.81. The number of rotatable bonds is 6. The van der Waals surface area contributed by atoms with Gasteiger partial charge < -0.3 is 15.3 Å². The summed E-state index contributed by atoms with van der Waals surface area (Å²) >= 11 is 0. The minimum absolute atomic E-state index is 0.211. The fourth-order valence-corrected chi connectivity index (χ4v) is 6.02. The monoisotopic (exact) mass is 435 g/mol. The third-order valence-electron chi connectivity index (χ3n) is 6.83. The molecule has 0 spiro atoms. The lowest BCUT2D eigenvalue weighted by molar-refractivity contribution is -0.125. The molecule has 1 saturated carbocycles. The number of carbonyl (C=O) groups is 1. The van der Waals surface area contributed by atoms with Crippen molar-refractivity contribution in [2.45, 2.75) is 57.1 Å². The molecule has 3 aliphatic rings. The van der Waals surface area contributed by atoms with Crippen molar-refractivity contribution in [3.8, 4) is 0 Å². The zero-order valence-electron chi connectivity index (χ0n) is 17.7.